The standard InChI is InChI=1S/C15H19N3O/c1-18(11-13-7-8-17-15(16)9-13)10-12-3-5-14(19-2)6-4-12/h3-9H,10-11H2,1-2H3,(H2,16,17). The highest BCUT2D eigenvalue weighted by atomic mass is 16.5. The first-order valence-electron chi connectivity index (χ1n) is 6.19. The fraction of sp³-hybridized carbons (Fsp3) is 0.267. The van der Waals surface area contributed by atoms with Gasteiger partial charge in [-0.1, -0.05) is 12.1 Å². The average Bonchev–Trinajstić information content (AvgIpc) is 2.39. The summed E-state index contributed by atoms with van der Waals surface area (Å²) in [6.07, 6.45) is 1.74. The number of ether oxygens (including phenoxy) is 1. The smallest absolute Gasteiger partial charge is 0.123 e. The molecule has 0 amide bonds. The number of methoxy groups -OCH3 is 1. The van der Waals surface area contributed by atoms with E-state index < -0.39 is 0 Å². The highest BCUT2D eigenvalue weighted by Gasteiger charge is 2.03. The van der Waals surface area contributed by atoms with Gasteiger partial charge in [-0.15, -0.1) is 0 Å². The first-order valence-corrected chi connectivity index (χ1v) is 6.19. The average molecular weight is 257 g/mol. The quantitative estimate of drug-likeness (QED) is 0.893. The Hall–Kier alpha value is -2.07. The summed E-state index contributed by atoms with van der Waals surface area (Å²) in [5, 5.41) is 0. The maximum Gasteiger partial charge on any atom is 0.123 e. The summed E-state index contributed by atoms with van der Waals surface area (Å²) in [5.74, 6) is 1.45. The van der Waals surface area contributed by atoms with Crippen molar-refractivity contribution < 1.29 is 4.74 Å². The van der Waals surface area contributed by atoms with Crippen LogP contribution in [0.4, 0.5) is 5.82 Å². The van der Waals surface area contributed by atoms with Gasteiger partial charge in [0.25, 0.3) is 0 Å². The highest BCUT2D eigenvalue weighted by Crippen LogP contribution is 2.14. The minimum atomic E-state index is 0.565. The molecule has 0 saturated carbocycles. The molecule has 0 fully saturated rings. The molecule has 0 unspecified atom stereocenters. The fourth-order valence-corrected chi connectivity index (χ4v) is 2.00. The molecule has 1 aromatic heterocycles. The van der Waals surface area contributed by atoms with Crippen molar-refractivity contribution in [3.8, 4) is 5.75 Å². The molecule has 2 rings (SSSR count). The molecule has 0 aliphatic rings. The first kappa shape index (κ1) is 13.4. The molecule has 19 heavy (non-hydrogen) atoms. The largest absolute Gasteiger partial charge is 0.497 e. The number of aromatic nitrogens is 1. The van der Waals surface area contributed by atoms with Crippen LogP contribution in [0.5, 0.6) is 5.75 Å². The number of hydrogen-bond acceptors (Lipinski definition) is 4. The fourth-order valence-electron chi connectivity index (χ4n) is 2.00. The van der Waals surface area contributed by atoms with E-state index in [-0.39, 0.29) is 0 Å². The predicted molar refractivity (Wildman–Crippen MR) is 76.8 cm³/mol. The lowest BCUT2D eigenvalue weighted by molar-refractivity contribution is 0.319. The van der Waals surface area contributed by atoms with Gasteiger partial charge in [-0.3, -0.25) is 4.90 Å². The van der Waals surface area contributed by atoms with E-state index in [1.54, 1.807) is 13.3 Å². The van der Waals surface area contributed by atoms with E-state index in [9.17, 15) is 0 Å². The molecule has 0 saturated heterocycles. The summed E-state index contributed by atoms with van der Waals surface area (Å²) in [7, 11) is 3.76. The molecule has 1 aromatic carbocycles. The van der Waals surface area contributed by atoms with Gasteiger partial charge in [-0.25, -0.2) is 4.98 Å². The molecule has 0 spiro atoms. The third-order valence-electron chi connectivity index (χ3n) is 2.91. The van der Waals surface area contributed by atoms with E-state index in [4.69, 9.17) is 10.5 Å². The Morgan fingerprint density at radius 1 is 1.11 bits per heavy atom. The molecule has 4 heteroatoms. The number of benzene rings is 1. The summed E-state index contributed by atoms with van der Waals surface area (Å²) >= 11 is 0. The zero-order valence-electron chi connectivity index (χ0n) is 11.3. The number of nitrogens with two attached hydrogens (primary N) is 1. The molecule has 0 bridgehead atoms. The van der Waals surface area contributed by atoms with Crippen molar-refractivity contribution in [2.75, 3.05) is 19.9 Å². The Bertz CT molecular complexity index is 525. The minimum Gasteiger partial charge on any atom is -0.497 e. The van der Waals surface area contributed by atoms with E-state index in [1.807, 2.05) is 24.3 Å². The molecule has 0 aliphatic heterocycles. The van der Waals surface area contributed by atoms with Crippen LogP contribution in [0.1, 0.15) is 11.1 Å². The third-order valence-corrected chi connectivity index (χ3v) is 2.91. The van der Waals surface area contributed by atoms with Gasteiger partial charge in [0.1, 0.15) is 11.6 Å². The molecule has 4 nitrogen and oxygen atoms in total. The van der Waals surface area contributed by atoms with Crippen LogP contribution in [0.15, 0.2) is 42.6 Å². The highest BCUT2D eigenvalue weighted by molar-refractivity contribution is 5.32. The van der Waals surface area contributed by atoms with Crippen LogP contribution in [0.25, 0.3) is 0 Å². The van der Waals surface area contributed by atoms with Gasteiger partial charge in [0.15, 0.2) is 0 Å². The minimum absolute atomic E-state index is 0.565. The summed E-state index contributed by atoms with van der Waals surface area (Å²) < 4.78 is 5.15. The topological polar surface area (TPSA) is 51.4 Å². The Labute approximate surface area is 113 Å². The molecule has 2 N–H and O–H groups in total. The van der Waals surface area contributed by atoms with Crippen LogP contribution in [0, 0.1) is 0 Å². The number of pyridine rings is 1. The van der Waals surface area contributed by atoms with E-state index in [2.05, 4.69) is 29.1 Å². The molecule has 0 atom stereocenters. The number of hydrogen-bond donors (Lipinski definition) is 1. The number of rotatable bonds is 5. The van der Waals surface area contributed by atoms with Crippen LogP contribution >= 0.6 is 0 Å². The molecule has 2 aromatic rings. The number of nitrogens with zero attached hydrogens (tertiary/aromatic N) is 2. The van der Waals surface area contributed by atoms with E-state index >= 15 is 0 Å². The van der Waals surface area contributed by atoms with Gasteiger partial charge in [0.05, 0.1) is 7.11 Å². The lowest BCUT2D eigenvalue weighted by Crippen LogP contribution is -2.17. The lowest BCUT2D eigenvalue weighted by Gasteiger charge is -2.17. The third kappa shape index (κ3) is 3.96. The van der Waals surface area contributed by atoms with Gasteiger partial charge in [-0.05, 0) is 42.4 Å². The second-order valence-electron chi connectivity index (χ2n) is 4.61. The summed E-state index contributed by atoms with van der Waals surface area (Å²) in [6, 6.07) is 12.0. The Morgan fingerprint density at radius 2 is 1.79 bits per heavy atom. The van der Waals surface area contributed by atoms with Crippen LogP contribution in [-0.4, -0.2) is 24.0 Å². The maximum absolute atomic E-state index is 5.68. The van der Waals surface area contributed by atoms with E-state index in [0.29, 0.717) is 5.82 Å². The Balaban J connectivity index is 1.95. The van der Waals surface area contributed by atoms with Crippen molar-refractivity contribution in [3.05, 3.63) is 53.7 Å². The van der Waals surface area contributed by atoms with Crippen molar-refractivity contribution in [1.82, 2.24) is 9.88 Å². The zero-order chi connectivity index (χ0) is 13.7. The zero-order valence-corrected chi connectivity index (χ0v) is 11.3. The molecule has 100 valence electrons. The van der Waals surface area contributed by atoms with Crippen molar-refractivity contribution >= 4 is 5.82 Å². The van der Waals surface area contributed by atoms with Crippen molar-refractivity contribution in [3.63, 3.8) is 0 Å². The maximum atomic E-state index is 5.68. The monoisotopic (exact) mass is 257 g/mol. The Morgan fingerprint density at radius 3 is 2.42 bits per heavy atom. The number of anilines is 1. The molecule has 1 heterocycles. The van der Waals surface area contributed by atoms with Crippen LogP contribution in [-0.2, 0) is 13.1 Å². The van der Waals surface area contributed by atoms with Crippen LogP contribution in [0.2, 0.25) is 0 Å². The molecule has 0 radical (unpaired) electrons. The van der Waals surface area contributed by atoms with E-state index in [1.165, 1.54) is 11.1 Å². The van der Waals surface area contributed by atoms with E-state index in [0.717, 1.165) is 18.8 Å². The van der Waals surface area contributed by atoms with Gasteiger partial charge in [0.2, 0.25) is 0 Å². The summed E-state index contributed by atoms with van der Waals surface area (Å²) in [5.41, 5.74) is 8.10. The van der Waals surface area contributed by atoms with Crippen molar-refractivity contribution in [2.24, 2.45) is 0 Å². The Kier molecular flexibility index (Phi) is 4.36. The van der Waals surface area contributed by atoms with Crippen molar-refractivity contribution in [1.29, 1.82) is 0 Å². The lowest BCUT2D eigenvalue weighted by atomic mass is 10.2. The first-order chi connectivity index (χ1) is 9.17. The number of nitrogen functional groups attached to an aromatic ring is 1. The molecule has 0 aliphatic carbocycles. The summed E-state index contributed by atoms with van der Waals surface area (Å²) in [4.78, 5) is 6.23. The van der Waals surface area contributed by atoms with Gasteiger partial charge in [0, 0.05) is 19.3 Å². The second-order valence-corrected chi connectivity index (χ2v) is 4.61. The normalized spacial score (nSPS) is 10.7. The summed E-state index contributed by atoms with van der Waals surface area (Å²) in [6.45, 7) is 1.73. The van der Waals surface area contributed by atoms with Crippen LogP contribution < -0.4 is 10.5 Å². The second kappa shape index (κ2) is 6.20. The SMILES string of the molecule is COc1ccc(CN(C)Cc2ccnc(N)c2)cc1. The predicted octanol–water partition coefficient (Wildman–Crippen LogP) is 2.30. The van der Waals surface area contributed by atoms with Gasteiger partial charge in [-0.2, -0.15) is 0 Å². The van der Waals surface area contributed by atoms with Gasteiger partial charge >= 0.3 is 0 Å². The van der Waals surface area contributed by atoms with Crippen molar-refractivity contribution in [2.45, 2.75) is 13.1 Å². The van der Waals surface area contributed by atoms with Gasteiger partial charge < -0.3 is 10.5 Å². The van der Waals surface area contributed by atoms with Crippen LogP contribution in [0.3, 0.4) is 0 Å². The molecular formula is C15H19N3O. The molecular weight excluding hydrogens is 238 g/mol.